The number of hydrogen-bond acceptors (Lipinski definition) is 3. The Kier molecular flexibility index (Phi) is 5.60. The lowest BCUT2D eigenvalue weighted by Gasteiger charge is -2.29. The molecule has 1 unspecified atom stereocenters. The van der Waals surface area contributed by atoms with Gasteiger partial charge in [0.15, 0.2) is 0 Å². The fourth-order valence-corrected chi connectivity index (χ4v) is 2.40. The summed E-state index contributed by atoms with van der Waals surface area (Å²) < 4.78 is 0. The van der Waals surface area contributed by atoms with Crippen LogP contribution in [0.5, 0.6) is 0 Å². The molecule has 0 aromatic heterocycles. The average molecular weight is 271 g/mol. The maximum Gasteiger partial charge on any atom is 0.315 e. The van der Waals surface area contributed by atoms with Gasteiger partial charge >= 0.3 is 12.0 Å². The number of nitrogens with one attached hydrogen (secondary N) is 2. The number of urea groups is 1. The molecule has 1 atom stereocenters. The second-order valence-electron chi connectivity index (χ2n) is 5.71. The van der Waals surface area contributed by atoms with E-state index in [1.165, 1.54) is 0 Å². The quantitative estimate of drug-likeness (QED) is 0.674. The van der Waals surface area contributed by atoms with Gasteiger partial charge in [0.1, 0.15) is 0 Å². The topological polar surface area (TPSA) is 81.7 Å². The third-order valence-corrected chi connectivity index (χ3v) is 3.87. The Morgan fingerprint density at radius 2 is 1.89 bits per heavy atom. The zero-order valence-corrected chi connectivity index (χ0v) is 12.0. The minimum Gasteiger partial charge on any atom is -0.481 e. The fraction of sp³-hybridized carbons (Fsp3) is 0.846. The molecule has 3 N–H and O–H groups in total. The SMILES string of the molecule is CC(CNC(=O)NC1(CC(=O)O)CCCC1)N(C)C. The summed E-state index contributed by atoms with van der Waals surface area (Å²) in [4.78, 5) is 24.8. The van der Waals surface area contributed by atoms with Crippen molar-refractivity contribution in [1.29, 1.82) is 0 Å². The lowest BCUT2D eigenvalue weighted by molar-refractivity contribution is -0.138. The second kappa shape index (κ2) is 6.75. The van der Waals surface area contributed by atoms with Gasteiger partial charge in [-0.3, -0.25) is 4.79 Å². The number of hydrogen-bond donors (Lipinski definition) is 3. The van der Waals surface area contributed by atoms with Crippen LogP contribution in [0.2, 0.25) is 0 Å². The van der Waals surface area contributed by atoms with Crippen molar-refractivity contribution in [3.8, 4) is 0 Å². The predicted molar refractivity (Wildman–Crippen MR) is 73.1 cm³/mol. The number of carboxylic acid groups (broad SMARTS) is 1. The van der Waals surface area contributed by atoms with E-state index in [0.717, 1.165) is 25.7 Å². The molecule has 6 nitrogen and oxygen atoms in total. The van der Waals surface area contributed by atoms with E-state index in [1.807, 2.05) is 25.9 Å². The first kappa shape index (κ1) is 15.8. The Labute approximate surface area is 114 Å². The number of amides is 2. The zero-order chi connectivity index (χ0) is 14.5. The molecule has 1 saturated carbocycles. The van der Waals surface area contributed by atoms with Gasteiger partial charge in [0.25, 0.3) is 0 Å². The number of likely N-dealkylation sites (N-methyl/N-ethyl adjacent to an activating group) is 1. The Morgan fingerprint density at radius 3 is 2.37 bits per heavy atom. The average Bonchev–Trinajstić information content (AvgIpc) is 2.72. The van der Waals surface area contributed by atoms with Gasteiger partial charge in [-0.25, -0.2) is 4.79 Å². The Balaban J connectivity index is 2.46. The Bertz CT molecular complexity index is 325. The van der Waals surface area contributed by atoms with Gasteiger partial charge in [0, 0.05) is 12.6 Å². The minimum absolute atomic E-state index is 0.00363. The van der Waals surface area contributed by atoms with Gasteiger partial charge in [0.2, 0.25) is 0 Å². The van der Waals surface area contributed by atoms with Gasteiger partial charge < -0.3 is 20.6 Å². The monoisotopic (exact) mass is 271 g/mol. The summed E-state index contributed by atoms with van der Waals surface area (Å²) in [6.07, 6.45) is 3.44. The van der Waals surface area contributed by atoms with Crippen LogP contribution in [-0.4, -0.2) is 54.2 Å². The van der Waals surface area contributed by atoms with Crippen molar-refractivity contribution in [2.75, 3.05) is 20.6 Å². The summed E-state index contributed by atoms with van der Waals surface area (Å²) in [5, 5.41) is 14.6. The Hall–Kier alpha value is -1.30. The van der Waals surface area contributed by atoms with Crippen molar-refractivity contribution in [2.45, 2.75) is 50.6 Å². The minimum atomic E-state index is -0.858. The van der Waals surface area contributed by atoms with Crippen molar-refractivity contribution >= 4 is 12.0 Å². The molecular formula is C13H25N3O3. The molecule has 0 aromatic rings. The highest BCUT2D eigenvalue weighted by Gasteiger charge is 2.37. The highest BCUT2D eigenvalue weighted by atomic mass is 16.4. The van der Waals surface area contributed by atoms with E-state index in [0.29, 0.717) is 6.54 Å². The van der Waals surface area contributed by atoms with Gasteiger partial charge in [-0.05, 0) is 33.9 Å². The van der Waals surface area contributed by atoms with Crippen LogP contribution in [0.4, 0.5) is 4.79 Å². The van der Waals surface area contributed by atoms with Crippen LogP contribution in [0, 0.1) is 0 Å². The van der Waals surface area contributed by atoms with Crippen LogP contribution < -0.4 is 10.6 Å². The molecule has 0 aliphatic heterocycles. The molecule has 0 aromatic carbocycles. The van der Waals surface area contributed by atoms with Gasteiger partial charge in [-0.1, -0.05) is 12.8 Å². The van der Waals surface area contributed by atoms with E-state index in [-0.39, 0.29) is 18.5 Å². The van der Waals surface area contributed by atoms with Crippen molar-refractivity contribution in [3.63, 3.8) is 0 Å². The van der Waals surface area contributed by atoms with E-state index in [9.17, 15) is 9.59 Å². The van der Waals surface area contributed by atoms with E-state index in [1.54, 1.807) is 0 Å². The van der Waals surface area contributed by atoms with E-state index in [4.69, 9.17) is 5.11 Å². The smallest absolute Gasteiger partial charge is 0.315 e. The lowest BCUT2D eigenvalue weighted by atomic mass is 9.93. The molecule has 1 rings (SSSR count). The number of aliphatic carboxylic acids is 1. The molecule has 19 heavy (non-hydrogen) atoms. The van der Waals surface area contributed by atoms with Crippen LogP contribution in [0.25, 0.3) is 0 Å². The second-order valence-corrected chi connectivity index (χ2v) is 5.71. The first-order chi connectivity index (χ1) is 8.84. The number of rotatable bonds is 6. The summed E-state index contributed by atoms with van der Waals surface area (Å²) in [6, 6.07) is -0.0263. The van der Waals surface area contributed by atoms with Crippen LogP contribution in [0.3, 0.4) is 0 Å². The van der Waals surface area contributed by atoms with E-state index < -0.39 is 11.5 Å². The van der Waals surface area contributed by atoms with Crippen LogP contribution in [0.1, 0.15) is 39.0 Å². The third kappa shape index (κ3) is 5.06. The molecule has 6 heteroatoms. The van der Waals surface area contributed by atoms with Gasteiger partial charge in [-0.15, -0.1) is 0 Å². The van der Waals surface area contributed by atoms with E-state index in [2.05, 4.69) is 10.6 Å². The molecular weight excluding hydrogens is 246 g/mol. The maximum atomic E-state index is 11.9. The predicted octanol–water partition coefficient (Wildman–Crippen LogP) is 1.02. The third-order valence-electron chi connectivity index (χ3n) is 3.87. The summed E-state index contributed by atoms with van der Waals surface area (Å²) in [7, 11) is 3.90. The summed E-state index contributed by atoms with van der Waals surface area (Å²) >= 11 is 0. The number of carbonyl (C=O) groups excluding carboxylic acids is 1. The highest BCUT2D eigenvalue weighted by Crippen LogP contribution is 2.32. The number of nitrogens with zero attached hydrogens (tertiary/aromatic N) is 1. The van der Waals surface area contributed by atoms with Crippen molar-refractivity contribution in [2.24, 2.45) is 0 Å². The molecule has 1 aliphatic rings. The molecule has 0 saturated heterocycles. The highest BCUT2D eigenvalue weighted by molar-refractivity contribution is 5.76. The normalized spacial score (nSPS) is 19.2. The standard InChI is InChI=1S/C13H25N3O3/c1-10(16(2)3)9-14-12(19)15-13(8-11(17)18)6-4-5-7-13/h10H,4-9H2,1-3H3,(H,17,18)(H2,14,15,19). The van der Waals surface area contributed by atoms with Crippen LogP contribution in [0.15, 0.2) is 0 Å². The first-order valence-electron chi connectivity index (χ1n) is 6.79. The summed E-state index contributed by atoms with van der Waals surface area (Å²) in [5.41, 5.74) is -0.558. The molecule has 0 radical (unpaired) electrons. The molecule has 0 bridgehead atoms. The largest absolute Gasteiger partial charge is 0.481 e. The van der Waals surface area contributed by atoms with Crippen molar-refractivity contribution in [1.82, 2.24) is 15.5 Å². The molecule has 110 valence electrons. The molecule has 0 spiro atoms. The fourth-order valence-electron chi connectivity index (χ4n) is 2.40. The zero-order valence-electron chi connectivity index (χ0n) is 12.0. The summed E-state index contributed by atoms with van der Waals surface area (Å²) in [5.74, 6) is -0.858. The number of carbonyl (C=O) groups is 2. The van der Waals surface area contributed by atoms with Gasteiger partial charge in [-0.2, -0.15) is 0 Å². The molecule has 2 amide bonds. The Morgan fingerprint density at radius 1 is 1.32 bits per heavy atom. The maximum absolute atomic E-state index is 11.9. The molecule has 1 fully saturated rings. The van der Waals surface area contributed by atoms with Crippen molar-refractivity contribution < 1.29 is 14.7 Å². The number of carboxylic acids is 1. The van der Waals surface area contributed by atoms with Crippen LogP contribution >= 0.6 is 0 Å². The van der Waals surface area contributed by atoms with Crippen LogP contribution in [-0.2, 0) is 4.79 Å². The van der Waals surface area contributed by atoms with Crippen molar-refractivity contribution in [3.05, 3.63) is 0 Å². The lowest BCUT2D eigenvalue weighted by Crippen LogP contribution is -2.53. The molecule has 0 heterocycles. The first-order valence-corrected chi connectivity index (χ1v) is 6.79. The summed E-state index contributed by atoms with van der Waals surface area (Å²) in [6.45, 7) is 2.56. The molecule has 1 aliphatic carbocycles. The van der Waals surface area contributed by atoms with Gasteiger partial charge in [0.05, 0.1) is 12.0 Å². The van der Waals surface area contributed by atoms with E-state index >= 15 is 0 Å².